The van der Waals surface area contributed by atoms with Crippen LogP contribution in [0.5, 0.6) is 0 Å². The average Bonchev–Trinajstić information content (AvgIpc) is 1.95. The first-order valence-corrected chi connectivity index (χ1v) is 3.95. The van der Waals surface area contributed by atoms with Gasteiger partial charge in [0.25, 0.3) is 0 Å². The molecule has 3 atom stereocenters. The second-order valence-corrected chi connectivity index (χ2v) is 3.32. The molecular formula is C9H15N. The van der Waals surface area contributed by atoms with Crippen molar-refractivity contribution in [1.82, 2.24) is 0 Å². The van der Waals surface area contributed by atoms with Gasteiger partial charge in [-0.1, -0.05) is 6.92 Å². The van der Waals surface area contributed by atoms with E-state index in [0.29, 0.717) is 17.9 Å². The maximum absolute atomic E-state index is 5.83. The first-order valence-electron chi connectivity index (χ1n) is 3.95. The first kappa shape index (κ1) is 7.63. The largest absolute Gasteiger partial charge is 0.327 e. The lowest BCUT2D eigenvalue weighted by Gasteiger charge is -2.28. The molecule has 1 heteroatoms. The van der Waals surface area contributed by atoms with Crippen LogP contribution in [0.15, 0.2) is 0 Å². The Balaban J connectivity index is 2.42. The lowest BCUT2D eigenvalue weighted by molar-refractivity contribution is 0.289. The van der Waals surface area contributed by atoms with Crippen LogP contribution in [0.3, 0.4) is 0 Å². The van der Waals surface area contributed by atoms with Gasteiger partial charge in [-0.3, -0.25) is 0 Å². The minimum atomic E-state index is 0.393. The van der Waals surface area contributed by atoms with Gasteiger partial charge in [0.2, 0.25) is 0 Å². The topological polar surface area (TPSA) is 26.0 Å². The van der Waals surface area contributed by atoms with Crippen LogP contribution in [0, 0.1) is 24.2 Å². The molecule has 0 spiro atoms. The van der Waals surface area contributed by atoms with Crippen LogP contribution < -0.4 is 5.73 Å². The quantitative estimate of drug-likeness (QED) is 0.501. The minimum Gasteiger partial charge on any atom is -0.327 e. The first-order chi connectivity index (χ1) is 4.74. The summed E-state index contributed by atoms with van der Waals surface area (Å²) in [5, 5.41) is 0. The molecule has 0 aromatic heterocycles. The molecule has 0 heterocycles. The summed E-state index contributed by atoms with van der Waals surface area (Å²) >= 11 is 0. The Morgan fingerprint density at radius 2 is 2.20 bits per heavy atom. The van der Waals surface area contributed by atoms with Crippen LogP contribution in [0.25, 0.3) is 0 Å². The van der Waals surface area contributed by atoms with Crippen LogP contribution in [-0.4, -0.2) is 6.04 Å². The molecule has 1 rings (SSSR count). The fourth-order valence-electron chi connectivity index (χ4n) is 1.57. The molecule has 0 aromatic rings. The van der Waals surface area contributed by atoms with Crippen LogP contribution in [0.1, 0.15) is 26.2 Å². The molecule has 10 heavy (non-hydrogen) atoms. The number of hydrogen-bond donors (Lipinski definition) is 1. The van der Waals surface area contributed by atoms with Crippen LogP contribution in [0.2, 0.25) is 0 Å². The average molecular weight is 137 g/mol. The van der Waals surface area contributed by atoms with Crippen LogP contribution in [-0.2, 0) is 0 Å². The molecule has 1 saturated carbocycles. The Kier molecular flexibility index (Phi) is 2.34. The summed E-state index contributed by atoms with van der Waals surface area (Å²) in [4.78, 5) is 0. The molecule has 1 nitrogen and oxygen atoms in total. The molecule has 0 aromatic carbocycles. The number of rotatable bonds is 0. The fraction of sp³-hybridized carbons (Fsp3) is 0.778. The van der Waals surface area contributed by atoms with Gasteiger partial charge in [-0.2, -0.15) is 0 Å². The van der Waals surface area contributed by atoms with Gasteiger partial charge in [0.15, 0.2) is 0 Å². The fourth-order valence-corrected chi connectivity index (χ4v) is 1.57. The monoisotopic (exact) mass is 137 g/mol. The smallest absolute Gasteiger partial charge is 0.0203 e. The Morgan fingerprint density at radius 1 is 1.50 bits per heavy atom. The van der Waals surface area contributed by atoms with E-state index in [4.69, 9.17) is 12.2 Å². The molecule has 1 aliphatic rings. The summed E-state index contributed by atoms with van der Waals surface area (Å²) in [6.45, 7) is 2.19. The zero-order valence-electron chi connectivity index (χ0n) is 6.51. The van der Waals surface area contributed by atoms with Gasteiger partial charge in [-0.15, -0.1) is 12.3 Å². The highest BCUT2D eigenvalue weighted by Gasteiger charge is 2.22. The second-order valence-electron chi connectivity index (χ2n) is 3.32. The van der Waals surface area contributed by atoms with Gasteiger partial charge in [0.05, 0.1) is 0 Å². The van der Waals surface area contributed by atoms with Crippen molar-refractivity contribution in [2.75, 3.05) is 0 Å². The molecule has 0 aliphatic heterocycles. The SMILES string of the molecule is C#CC1CCC(N)C(C)C1. The van der Waals surface area contributed by atoms with E-state index in [1.807, 2.05) is 0 Å². The van der Waals surface area contributed by atoms with E-state index in [-0.39, 0.29) is 0 Å². The van der Waals surface area contributed by atoms with Gasteiger partial charge in [0.1, 0.15) is 0 Å². The summed E-state index contributed by atoms with van der Waals surface area (Å²) < 4.78 is 0. The van der Waals surface area contributed by atoms with Crippen molar-refractivity contribution in [2.24, 2.45) is 17.6 Å². The molecule has 0 amide bonds. The van der Waals surface area contributed by atoms with E-state index in [1.165, 1.54) is 0 Å². The Hall–Kier alpha value is -0.480. The van der Waals surface area contributed by atoms with E-state index < -0.39 is 0 Å². The van der Waals surface area contributed by atoms with Crippen LogP contribution in [0.4, 0.5) is 0 Å². The number of nitrogens with two attached hydrogens (primary N) is 1. The summed E-state index contributed by atoms with van der Waals surface area (Å²) in [5.74, 6) is 3.91. The van der Waals surface area contributed by atoms with Gasteiger partial charge >= 0.3 is 0 Å². The lowest BCUT2D eigenvalue weighted by Crippen LogP contribution is -2.33. The van der Waals surface area contributed by atoms with E-state index in [2.05, 4.69) is 12.8 Å². The van der Waals surface area contributed by atoms with Crippen molar-refractivity contribution in [3.8, 4) is 12.3 Å². The standard InChI is InChI=1S/C9H15N/c1-3-8-4-5-9(10)7(2)6-8/h1,7-9H,4-6,10H2,2H3. The molecular weight excluding hydrogens is 122 g/mol. The summed E-state index contributed by atoms with van der Waals surface area (Å²) in [5.41, 5.74) is 5.83. The Bertz CT molecular complexity index is 145. The minimum absolute atomic E-state index is 0.393. The second kappa shape index (κ2) is 3.07. The third kappa shape index (κ3) is 1.52. The summed E-state index contributed by atoms with van der Waals surface area (Å²) in [6, 6.07) is 0.393. The zero-order chi connectivity index (χ0) is 7.56. The molecule has 0 radical (unpaired) electrons. The van der Waals surface area contributed by atoms with Gasteiger partial charge in [0, 0.05) is 12.0 Å². The Labute approximate surface area is 63.0 Å². The highest BCUT2D eigenvalue weighted by molar-refractivity contribution is 4.97. The van der Waals surface area contributed by atoms with E-state index in [9.17, 15) is 0 Å². The van der Waals surface area contributed by atoms with Gasteiger partial charge < -0.3 is 5.73 Å². The predicted octanol–water partition coefficient (Wildman–Crippen LogP) is 1.38. The van der Waals surface area contributed by atoms with Gasteiger partial charge in [-0.25, -0.2) is 0 Å². The van der Waals surface area contributed by atoms with E-state index in [1.54, 1.807) is 0 Å². The Morgan fingerprint density at radius 3 is 2.70 bits per heavy atom. The van der Waals surface area contributed by atoms with E-state index in [0.717, 1.165) is 19.3 Å². The number of terminal acetylenes is 1. The lowest BCUT2D eigenvalue weighted by atomic mass is 9.80. The molecule has 0 bridgehead atoms. The zero-order valence-corrected chi connectivity index (χ0v) is 6.51. The van der Waals surface area contributed by atoms with Crippen molar-refractivity contribution in [3.05, 3.63) is 0 Å². The number of hydrogen-bond acceptors (Lipinski definition) is 1. The summed E-state index contributed by atoms with van der Waals surface area (Å²) in [7, 11) is 0. The molecule has 56 valence electrons. The normalized spacial score (nSPS) is 40.7. The summed E-state index contributed by atoms with van der Waals surface area (Å²) in [6.07, 6.45) is 8.68. The maximum atomic E-state index is 5.83. The third-order valence-corrected chi connectivity index (χ3v) is 2.47. The van der Waals surface area contributed by atoms with Crippen LogP contribution >= 0.6 is 0 Å². The van der Waals surface area contributed by atoms with Crippen molar-refractivity contribution >= 4 is 0 Å². The molecule has 0 saturated heterocycles. The molecule has 1 aliphatic carbocycles. The van der Waals surface area contributed by atoms with Crippen molar-refractivity contribution < 1.29 is 0 Å². The molecule has 2 N–H and O–H groups in total. The predicted molar refractivity (Wildman–Crippen MR) is 43.3 cm³/mol. The van der Waals surface area contributed by atoms with Gasteiger partial charge in [-0.05, 0) is 25.2 Å². The highest BCUT2D eigenvalue weighted by Crippen LogP contribution is 2.26. The third-order valence-electron chi connectivity index (χ3n) is 2.47. The highest BCUT2D eigenvalue weighted by atomic mass is 14.7. The van der Waals surface area contributed by atoms with Crippen molar-refractivity contribution in [3.63, 3.8) is 0 Å². The maximum Gasteiger partial charge on any atom is 0.0203 e. The molecule has 3 unspecified atom stereocenters. The van der Waals surface area contributed by atoms with Crippen molar-refractivity contribution in [1.29, 1.82) is 0 Å². The van der Waals surface area contributed by atoms with E-state index >= 15 is 0 Å². The van der Waals surface area contributed by atoms with Crippen molar-refractivity contribution in [2.45, 2.75) is 32.2 Å². The molecule has 1 fully saturated rings.